The fourth-order valence-electron chi connectivity index (χ4n) is 0. The van der Waals surface area contributed by atoms with Gasteiger partial charge in [0.15, 0.2) is 0 Å². The van der Waals surface area contributed by atoms with Gasteiger partial charge in [0.05, 0.1) is 0 Å². The van der Waals surface area contributed by atoms with E-state index in [1.165, 1.54) is 20.8 Å². The number of rotatable bonds is 3. The number of hydrogen-bond acceptors (Lipinski definition) is 6. The Hall–Kier alpha value is -2.06. The molecular formula is C12H21O9P. The molecule has 6 N–H and O–H groups in total. The Bertz CT molecular complexity index is 317. The molecule has 0 atom stereocenters. The summed E-state index contributed by atoms with van der Waals surface area (Å²) in [6.45, 7) is 13.8. The lowest BCUT2D eigenvalue weighted by atomic mass is 10.4. The number of aliphatic carboxylic acids is 3. The highest BCUT2D eigenvalue weighted by Crippen LogP contribution is 2.11. The largest absolute Gasteiger partial charge is 0.478 e. The lowest BCUT2D eigenvalue weighted by Crippen LogP contribution is -1.92. The summed E-state index contributed by atoms with van der Waals surface area (Å²) in [6, 6.07) is 0. The van der Waals surface area contributed by atoms with Gasteiger partial charge in [-0.25, -0.2) is 14.4 Å². The van der Waals surface area contributed by atoms with Crippen molar-refractivity contribution in [1.29, 1.82) is 0 Å². The van der Waals surface area contributed by atoms with Crippen LogP contribution in [0.5, 0.6) is 0 Å². The van der Waals surface area contributed by atoms with Crippen LogP contribution in [0.15, 0.2) is 36.5 Å². The van der Waals surface area contributed by atoms with E-state index in [0.29, 0.717) is 0 Å². The first-order valence-corrected chi connectivity index (χ1v) is 6.39. The van der Waals surface area contributed by atoms with E-state index in [9.17, 15) is 14.4 Å². The second-order valence-corrected chi connectivity index (χ2v) is 4.06. The normalized spacial score (nSPS) is 7.77. The van der Waals surface area contributed by atoms with E-state index in [4.69, 9.17) is 30.0 Å². The molecule has 0 unspecified atom stereocenters. The van der Waals surface area contributed by atoms with Gasteiger partial charge in [0, 0.05) is 16.7 Å². The maximum atomic E-state index is 9.60. The van der Waals surface area contributed by atoms with E-state index in [1.54, 1.807) is 0 Å². The smallest absolute Gasteiger partial charge is 0.330 e. The fraction of sp³-hybridized carbons (Fsp3) is 0.250. The lowest BCUT2D eigenvalue weighted by Gasteiger charge is -1.79. The minimum atomic E-state index is -2.62. The van der Waals surface area contributed by atoms with Crippen molar-refractivity contribution in [3.8, 4) is 0 Å². The Balaban J connectivity index is -0.0000000994. The van der Waals surface area contributed by atoms with Crippen LogP contribution >= 0.6 is 8.60 Å². The average Bonchev–Trinajstić information content (AvgIpc) is 2.29. The average molecular weight is 340 g/mol. The summed E-state index contributed by atoms with van der Waals surface area (Å²) in [6.07, 6.45) is 0. The molecule has 10 heteroatoms. The Kier molecular flexibility index (Phi) is 21.7. The molecule has 9 nitrogen and oxygen atoms in total. The first kappa shape index (κ1) is 28.2. The monoisotopic (exact) mass is 340 g/mol. The van der Waals surface area contributed by atoms with Crippen molar-refractivity contribution in [2.45, 2.75) is 20.8 Å². The summed E-state index contributed by atoms with van der Waals surface area (Å²) < 4.78 is 0. The molecule has 0 amide bonds. The van der Waals surface area contributed by atoms with Crippen LogP contribution in [0, 0.1) is 0 Å². The van der Waals surface area contributed by atoms with E-state index in [1.807, 2.05) is 0 Å². The summed E-state index contributed by atoms with van der Waals surface area (Å²) in [5.74, 6) is -2.81. The van der Waals surface area contributed by atoms with E-state index < -0.39 is 26.5 Å². The van der Waals surface area contributed by atoms with E-state index in [0.717, 1.165) is 0 Å². The maximum Gasteiger partial charge on any atom is 0.330 e. The van der Waals surface area contributed by atoms with Gasteiger partial charge in [-0.1, -0.05) is 19.7 Å². The zero-order valence-electron chi connectivity index (χ0n) is 12.5. The van der Waals surface area contributed by atoms with E-state index in [-0.39, 0.29) is 16.7 Å². The van der Waals surface area contributed by atoms with Crippen molar-refractivity contribution in [1.82, 2.24) is 0 Å². The van der Waals surface area contributed by atoms with E-state index in [2.05, 4.69) is 19.7 Å². The first-order valence-electron chi connectivity index (χ1n) is 5.19. The predicted molar refractivity (Wildman–Crippen MR) is 80.9 cm³/mol. The van der Waals surface area contributed by atoms with Gasteiger partial charge in [-0.15, -0.1) is 0 Å². The second kappa shape index (κ2) is 17.0. The molecule has 0 saturated heterocycles. The maximum absolute atomic E-state index is 9.60. The molecule has 0 saturated carbocycles. The first-order chi connectivity index (χ1) is 9.66. The van der Waals surface area contributed by atoms with Crippen LogP contribution in [0.25, 0.3) is 0 Å². The van der Waals surface area contributed by atoms with Gasteiger partial charge in [-0.2, -0.15) is 0 Å². The zero-order valence-corrected chi connectivity index (χ0v) is 13.4. The summed E-state index contributed by atoms with van der Waals surface area (Å²) in [5.41, 5.74) is 0.528. The van der Waals surface area contributed by atoms with Crippen molar-refractivity contribution >= 4 is 26.5 Å². The minimum absolute atomic E-state index is 0.176. The van der Waals surface area contributed by atoms with Crippen LogP contribution in [0.2, 0.25) is 0 Å². The van der Waals surface area contributed by atoms with Crippen LogP contribution in [0.3, 0.4) is 0 Å². The van der Waals surface area contributed by atoms with Crippen LogP contribution < -0.4 is 0 Å². The zero-order chi connectivity index (χ0) is 19.0. The van der Waals surface area contributed by atoms with Gasteiger partial charge in [0.2, 0.25) is 0 Å². The highest BCUT2D eigenvalue weighted by Gasteiger charge is 1.91. The summed E-state index contributed by atoms with van der Waals surface area (Å²) in [7, 11) is -2.62. The molecule has 0 radical (unpaired) electrons. The van der Waals surface area contributed by atoms with Gasteiger partial charge in [0.1, 0.15) is 0 Å². The molecule has 0 bridgehead atoms. The van der Waals surface area contributed by atoms with Crippen molar-refractivity contribution in [2.75, 3.05) is 0 Å². The van der Waals surface area contributed by atoms with Crippen LogP contribution in [0.1, 0.15) is 20.8 Å². The molecule has 128 valence electrons. The summed E-state index contributed by atoms with van der Waals surface area (Å²) in [4.78, 5) is 50.5. The van der Waals surface area contributed by atoms with Crippen LogP contribution in [-0.4, -0.2) is 47.9 Å². The number of hydrogen-bond donors (Lipinski definition) is 6. The Labute approximate surface area is 129 Å². The number of carbonyl (C=O) groups is 3. The van der Waals surface area contributed by atoms with Crippen LogP contribution in [0.4, 0.5) is 0 Å². The SMILES string of the molecule is C=C(C)C(=O)O.C=C(C)C(=O)O.C=C(C)C(=O)O.OP(O)O. The van der Waals surface area contributed by atoms with Gasteiger partial charge >= 0.3 is 26.5 Å². The third-order valence-electron chi connectivity index (χ3n) is 1.10. The van der Waals surface area contributed by atoms with Gasteiger partial charge in [0.25, 0.3) is 0 Å². The lowest BCUT2D eigenvalue weighted by molar-refractivity contribution is -0.133. The molecule has 0 aliphatic carbocycles. The van der Waals surface area contributed by atoms with Crippen LogP contribution in [-0.2, 0) is 14.4 Å². The van der Waals surface area contributed by atoms with Gasteiger partial charge < -0.3 is 30.0 Å². The topological polar surface area (TPSA) is 173 Å². The molecule has 0 aromatic rings. The molecule has 0 rings (SSSR count). The van der Waals surface area contributed by atoms with E-state index >= 15 is 0 Å². The van der Waals surface area contributed by atoms with Crippen molar-refractivity contribution in [3.05, 3.63) is 36.5 Å². The quantitative estimate of drug-likeness (QED) is 0.325. The van der Waals surface area contributed by atoms with Gasteiger partial charge in [-0.05, 0) is 20.8 Å². The third-order valence-corrected chi connectivity index (χ3v) is 1.10. The number of carboxylic acid groups (broad SMARTS) is 3. The molecule has 22 heavy (non-hydrogen) atoms. The Morgan fingerprint density at radius 2 is 0.682 bits per heavy atom. The Morgan fingerprint density at radius 3 is 0.682 bits per heavy atom. The minimum Gasteiger partial charge on any atom is -0.478 e. The highest BCUT2D eigenvalue weighted by atomic mass is 31.2. The summed E-state index contributed by atoms with van der Waals surface area (Å²) >= 11 is 0. The molecule has 0 aliphatic heterocycles. The predicted octanol–water partition coefficient (Wildman–Crippen LogP) is 1.13. The highest BCUT2D eigenvalue weighted by molar-refractivity contribution is 7.38. The Morgan fingerprint density at radius 1 is 0.636 bits per heavy atom. The molecule has 0 fully saturated rings. The van der Waals surface area contributed by atoms with Crippen molar-refractivity contribution in [2.24, 2.45) is 0 Å². The molecule has 0 aliphatic rings. The summed E-state index contributed by atoms with van der Waals surface area (Å²) in [5, 5.41) is 23.7. The second-order valence-electron chi connectivity index (χ2n) is 3.52. The third kappa shape index (κ3) is 52.1. The molecule has 0 heterocycles. The van der Waals surface area contributed by atoms with Crippen molar-refractivity contribution in [3.63, 3.8) is 0 Å². The molecular weight excluding hydrogens is 319 g/mol. The molecule has 0 aromatic carbocycles. The fourth-order valence-corrected chi connectivity index (χ4v) is 0. The molecule has 0 aromatic heterocycles. The van der Waals surface area contributed by atoms with Crippen molar-refractivity contribution < 1.29 is 44.4 Å². The van der Waals surface area contributed by atoms with Gasteiger partial charge in [-0.3, -0.25) is 0 Å². The number of carboxylic acids is 3. The molecule has 0 spiro atoms. The standard InChI is InChI=1S/3C4H6O2.H3O3P/c3*1-3(2)4(5)6;1-4(2)3/h3*1H2,2H3,(H,5,6);1-3H.